The first-order valence-electron chi connectivity index (χ1n) is 12.8. The van der Waals surface area contributed by atoms with Gasteiger partial charge in [-0.2, -0.15) is 0 Å². The summed E-state index contributed by atoms with van der Waals surface area (Å²) in [4.78, 5) is 40.3. The minimum absolute atomic E-state index is 0.0358. The number of carbonyl (C=O) groups is 3. The molecule has 0 bridgehead atoms. The first-order valence-corrected chi connectivity index (χ1v) is 14.0. The average Bonchev–Trinajstić information content (AvgIpc) is 3.20. The lowest BCUT2D eigenvalue weighted by atomic mass is 10.0. The van der Waals surface area contributed by atoms with Crippen molar-refractivity contribution in [2.75, 3.05) is 39.1 Å². The summed E-state index contributed by atoms with van der Waals surface area (Å²) in [6.45, 7) is 1.04. The number of hydrogen-bond donors (Lipinski definition) is 2. The van der Waals surface area contributed by atoms with Crippen LogP contribution in [0, 0.1) is 11.6 Å². The Labute approximate surface area is 251 Å². The molecule has 1 aliphatic rings. The van der Waals surface area contributed by atoms with E-state index in [9.17, 15) is 23.2 Å². The lowest BCUT2D eigenvalue weighted by molar-refractivity contribution is -0.122. The fourth-order valence-corrected chi connectivity index (χ4v) is 5.29. The van der Waals surface area contributed by atoms with Crippen molar-refractivity contribution in [2.45, 2.75) is 6.42 Å². The number of aromatic carboxylic acids is 1. The molecule has 0 spiro atoms. The topological polar surface area (TPSA) is 99.2 Å². The van der Waals surface area contributed by atoms with Crippen molar-refractivity contribution in [2.24, 2.45) is 0 Å². The second-order valence-electron chi connectivity index (χ2n) is 9.54. The van der Waals surface area contributed by atoms with Gasteiger partial charge >= 0.3 is 5.97 Å². The molecule has 0 unspecified atom stereocenters. The van der Waals surface area contributed by atoms with E-state index < -0.39 is 17.6 Å². The van der Waals surface area contributed by atoms with E-state index in [4.69, 9.17) is 22.1 Å². The standard InChI is InChI=1S/C30H27F2N3O5S2/c1-34(2)13-14-40-25-10-5-19(23-9-6-21(31)17-24(23)32)15-20(25)16-26-28(37)35(30(41)42-26)12-11-27(36)33-22-7-3-18(4-8-22)29(38)39/h3-10,15-17H,11-14H2,1-2H3,(H,33,36)(H,38,39). The maximum absolute atomic E-state index is 14.5. The van der Waals surface area contributed by atoms with Crippen molar-refractivity contribution >= 4 is 57.8 Å². The number of thioether (sulfide) groups is 1. The van der Waals surface area contributed by atoms with Gasteiger partial charge in [-0.3, -0.25) is 14.5 Å². The van der Waals surface area contributed by atoms with Gasteiger partial charge in [0.1, 0.15) is 28.3 Å². The summed E-state index contributed by atoms with van der Waals surface area (Å²) in [7, 11) is 3.82. The van der Waals surface area contributed by atoms with Gasteiger partial charge in [0.15, 0.2) is 0 Å². The molecule has 42 heavy (non-hydrogen) atoms. The number of carboxylic acid groups (broad SMARTS) is 1. The number of thiocarbonyl (C=S) groups is 1. The Bertz CT molecular complexity index is 1560. The van der Waals surface area contributed by atoms with E-state index in [0.29, 0.717) is 40.6 Å². The Kier molecular flexibility index (Phi) is 10.0. The number of amides is 2. The summed E-state index contributed by atoms with van der Waals surface area (Å²) >= 11 is 6.49. The van der Waals surface area contributed by atoms with Gasteiger partial charge in [0.2, 0.25) is 5.91 Å². The molecule has 1 aliphatic heterocycles. The summed E-state index contributed by atoms with van der Waals surface area (Å²) in [5.41, 5.74) is 1.70. The SMILES string of the molecule is CN(C)CCOc1ccc(-c2ccc(F)cc2F)cc1C=C1SC(=S)N(CCC(=O)Nc2ccc(C(=O)O)cc2)C1=O. The fourth-order valence-electron chi connectivity index (χ4n) is 3.99. The fraction of sp³-hybridized carbons (Fsp3) is 0.200. The van der Waals surface area contributed by atoms with Crippen LogP contribution < -0.4 is 10.1 Å². The highest BCUT2D eigenvalue weighted by molar-refractivity contribution is 8.26. The van der Waals surface area contributed by atoms with Crippen molar-refractivity contribution in [3.63, 3.8) is 0 Å². The number of hydrogen-bond acceptors (Lipinski definition) is 7. The molecular formula is C30H27F2N3O5S2. The van der Waals surface area contributed by atoms with Gasteiger partial charge in [0.25, 0.3) is 5.91 Å². The second kappa shape index (κ2) is 13.7. The van der Waals surface area contributed by atoms with E-state index in [2.05, 4.69) is 5.32 Å². The van der Waals surface area contributed by atoms with E-state index in [-0.39, 0.29) is 40.2 Å². The number of carboxylic acids is 1. The van der Waals surface area contributed by atoms with Crippen molar-refractivity contribution in [1.29, 1.82) is 0 Å². The Morgan fingerprint density at radius 2 is 1.83 bits per heavy atom. The molecule has 3 aromatic carbocycles. The highest BCUT2D eigenvalue weighted by Crippen LogP contribution is 2.36. The number of rotatable bonds is 11. The number of carbonyl (C=O) groups excluding carboxylic acids is 2. The van der Waals surface area contributed by atoms with Crippen LogP contribution in [0.25, 0.3) is 17.2 Å². The zero-order valence-corrected chi connectivity index (χ0v) is 24.4. The molecule has 4 rings (SSSR count). The lowest BCUT2D eigenvalue weighted by Gasteiger charge is -2.15. The Hall–Kier alpha value is -4.13. The molecule has 3 aromatic rings. The van der Waals surface area contributed by atoms with Crippen LogP contribution in [0.3, 0.4) is 0 Å². The molecule has 0 aliphatic carbocycles. The molecule has 0 radical (unpaired) electrons. The quantitative estimate of drug-likeness (QED) is 0.217. The summed E-state index contributed by atoms with van der Waals surface area (Å²) in [5.74, 6) is -2.76. The summed E-state index contributed by atoms with van der Waals surface area (Å²) < 4.78 is 34.3. The maximum atomic E-state index is 14.5. The molecule has 1 heterocycles. The monoisotopic (exact) mass is 611 g/mol. The van der Waals surface area contributed by atoms with Gasteiger partial charge in [-0.05, 0) is 74.3 Å². The first kappa shape index (κ1) is 30.8. The van der Waals surface area contributed by atoms with Crippen LogP contribution in [-0.4, -0.2) is 70.8 Å². The molecule has 8 nitrogen and oxygen atoms in total. The van der Waals surface area contributed by atoms with Gasteiger partial charge in [-0.1, -0.05) is 30.0 Å². The number of anilines is 1. The molecule has 218 valence electrons. The molecule has 1 saturated heterocycles. The highest BCUT2D eigenvalue weighted by Gasteiger charge is 2.32. The van der Waals surface area contributed by atoms with Crippen LogP contribution in [0.4, 0.5) is 14.5 Å². The lowest BCUT2D eigenvalue weighted by Crippen LogP contribution is -2.31. The molecular weight excluding hydrogens is 584 g/mol. The van der Waals surface area contributed by atoms with E-state index >= 15 is 0 Å². The summed E-state index contributed by atoms with van der Waals surface area (Å²) in [6, 6.07) is 14.0. The molecule has 12 heteroatoms. The smallest absolute Gasteiger partial charge is 0.335 e. The van der Waals surface area contributed by atoms with E-state index in [0.717, 1.165) is 17.8 Å². The third-order valence-electron chi connectivity index (χ3n) is 6.19. The third-order valence-corrected chi connectivity index (χ3v) is 7.56. The number of ether oxygens (including phenoxy) is 1. The Balaban J connectivity index is 1.51. The van der Waals surface area contributed by atoms with Crippen molar-refractivity contribution in [1.82, 2.24) is 9.80 Å². The Morgan fingerprint density at radius 3 is 2.50 bits per heavy atom. The minimum atomic E-state index is -1.07. The number of nitrogens with zero attached hydrogens (tertiary/aromatic N) is 2. The van der Waals surface area contributed by atoms with E-state index in [1.54, 1.807) is 24.3 Å². The molecule has 0 aromatic heterocycles. The van der Waals surface area contributed by atoms with Crippen LogP contribution >= 0.6 is 24.0 Å². The second-order valence-corrected chi connectivity index (χ2v) is 11.2. The average molecular weight is 612 g/mol. The van der Waals surface area contributed by atoms with Crippen LogP contribution in [0.5, 0.6) is 5.75 Å². The van der Waals surface area contributed by atoms with E-state index in [1.807, 2.05) is 19.0 Å². The number of benzene rings is 3. The highest BCUT2D eigenvalue weighted by atomic mass is 32.2. The van der Waals surface area contributed by atoms with Crippen molar-refractivity contribution in [3.05, 3.63) is 88.3 Å². The van der Waals surface area contributed by atoms with Gasteiger partial charge in [-0.15, -0.1) is 0 Å². The molecule has 1 fully saturated rings. The number of nitrogens with one attached hydrogen (secondary N) is 1. The number of halogens is 2. The summed E-state index contributed by atoms with van der Waals surface area (Å²) in [6.07, 6.45) is 1.57. The van der Waals surface area contributed by atoms with Gasteiger partial charge in [-0.25, -0.2) is 13.6 Å². The van der Waals surface area contributed by atoms with Crippen molar-refractivity contribution < 1.29 is 33.0 Å². The zero-order valence-electron chi connectivity index (χ0n) is 22.7. The largest absolute Gasteiger partial charge is 0.492 e. The predicted octanol–water partition coefficient (Wildman–Crippen LogP) is 5.50. The van der Waals surface area contributed by atoms with Crippen LogP contribution in [0.1, 0.15) is 22.3 Å². The molecule has 2 N–H and O–H groups in total. The normalized spacial score (nSPS) is 14.1. The predicted molar refractivity (Wildman–Crippen MR) is 162 cm³/mol. The Morgan fingerprint density at radius 1 is 1.10 bits per heavy atom. The summed E-state index contributed by atoms with van der Waals surface area (Å²) in [5, 5.41) is 11.7. The minimum Gasteiger partial charge on any atom is -0.492 e. The van der Waals surface area contributed by atoms with Gasteiger partial charge in [0, 0.05) is 42.4 Å². The first-order chi connectivity index (χ1) is 20.0. The van der Waals surface area contributed by atoms with Gasteiger partial charge in [0.05, 0.1) is 10.5 Å². The third kappa shape index (κ3) is 7.78. The van der Waals surface area contributed by atoms with Crippen molar-refractivity contribution in [3.8, 4) is 16.9 Å². The molecule has 0 atom stereocenters. The van der Waals surface area contributed by atoms with Crippen LogP contribution in [0.15, 0.2) is 65.6 Å². The number of likely N-dealkylation sites (N-methyl/N-ethyl adjacent to an activating group) is 1. The molecule has 2 amide bonds. The van der Waals surface area contributed by atoms with E-state index in [1.165, 1.54) is 41.3 Å². The molecule has 0 saturated carbocycles. The van der Waals surface area contributed by atoms with Crippen LogP contribution in [-0.2, 0) is 9.59 Å². The maximum Gasteiger partial charge on any atom is 0.335 e. The van der Waals surface area contributed by atoms with Crippen LogP contribution in [0.2, 0.25) is 0 Å². The zero-order chi connectivity index (χ0) is 30.4. The van der Waals surface area contributed by atoms with Gasteiger partial charge < -0.3 is 20.1 Å².